The number of carbonyl (C=O) groups excluding carboxylic acids is 2. The molecule has 0 aliphatic carbocycles. The van der Waals surface area contributed by atoms with E-state index in [4.69, 9.17) is 19.0 Å². The van der Waals surface area contributed by atoms with Crippen molar-refractivity contribution >= 4 is 11.9 Å². The maximum atomic E-state index is 12.3. The van der Waals surface area contributed by atoms with Crippen molar-refractivity contribution in [3.8, 4) is 11.5 Å². The smallest absolute Gasteiger partial charge is 0.306 e. The minimum Gasteiger partial charge on any atom is -0.497 e. The highest BCUT2D eigenvalue weighted by Crippen LogP contribution is 2.15. The fourth-order valence-corrected chi connectivity index (χ4v) is 4.10. The summed E-state index contributed by atoms with van der Waals surface area (Å²) in [4.78, 5) is 29.4. The molecule has 0 spiro atoms. The number of carbonyl (C=O) groups is 2. The molecular weight excluding hydrogens is 506 g/mol. The van der Waals surface area contributed by atoms with Gasteiger partial charge in [-0.3, -0.25) is 14.4 Å². The zero-order valence-electron chi connectivity index (χ0n) is 23.4. The van der Waals surface area contributed by atoms with Crippen LogP contribution in [-0.2, 0) is 27.6 Å². The molecule has 7 heteroatoms. The summed E-state index contributed by atoms with van der Waals surface area (Å²) < 4.78 is 16.3. The molecule has 0 unspecified atom stereocenters. The van der Waals surface area contributed by atoms with E-state index in [1.54, 1.807) is 31.4 Å². The molecular formula is C33H41NO6. The molecule has 1 N–H and O–H groups in total. The number of amides is 1. The third-order valence-corrected chi connectivity index (χ3v) is 6.47. The molecule has 3 aromatic carbocycles. The van der Waals surface area contributed by atoms with Gasteiger partial charge in [0.2, 0.25) is 0 Å². The second kappa shape index (κ2) is 18.4. The molecule has 0 heterocycles. The van der Waals surface area contributed by atoms with Crippen molar-refractivity contribution in [2.24, 2.45) is 0 Å². The summed E-state index contributed by atoms with van der Waals surface area (Å²) in [6, 6.07) is 24.3. The lowest BCUT2D eigenvalue weighted by atomic mass is 10.1. The van der Waals surface area contributed by atoms with Crippen LogP contribution in [0.4, 0.5) is 0 Å². The highest BCUT2D eigenvalue weighted by Gasteiger charge is 2.07. The lowest BCUT2D eigenvalue weighted by molar-refractivity contribution is -0.145. The molecule has 0 radical (unpaired) electrons. The standard InChI is InChI=1S/C33H41NO6/c1-37-30-20-16-28(17-21-30)26-40-34-33(36)29-18-22-31(23-19-29)38-24-12-7-5-3-2-4-6-11-15-32(35)39-25-27-13-9-8-10-14-27/h8-10,13-14,16-23H,2-7,11-12,15,24-26H2,1H3,(H,34,36). The Bertz CT molecular complexity index is 1120. The van der Waals surface area contributed by atoms with Crippen LogP contribution in [0.25, 0.3) is 0 Å². The molecule has 0 aromatic heterocycles. The first-order valence-corrected chi connectivity index (χ1v) is 14.1. The third-order valence-electron chi connectivity index (χ3n) is 6.47. The monoisotopic (exact) mass is 547 g/mol. The molecule has 0 saturated heterocycles. The fourth-order valence-electron chi connectivity index (χ4n) is 4.10. The van der Waals surface area contributed by atoms with Gasteiger partial charge in [-0.15, -0.1) is 0 Å². The summed E-state index contributed by atoms with van der Waals surface area (Å²) in [5.41, 5.74) is 4.92. The number of nitrogens with one attached hydrogen (secondary N) is 1. The molecule has 1 amide bonds. The number of esters is 1. The fraction of sp³-hybridized carbons (Fsp3) is 0.394. The number of hydrogen-bond donors (Lipinski definition) is 1. The Morgan fingerprint density at radius 1 is 0.650 bits per heavy atom. The van der Waals surface area contributed by atoms with Gasteiger partial charge in [0.05, 0.1) is 20.3 Å². The zero-order chi connectivity index (χ0) is 28.3. The van der Waals surface area contributed by atoms with E-state index in [1.165, 1.54) is 19.3 Å². The molecule has 7 nitrogen and oxygen atoms in total. The Balaban J connectivity index is 1.14. The van der Waals surface area contributed by atoms with Gasteiger partial charge in [0.1, 0.15) is 18.1 Å². The van der Waals surface area contributed by atoms with Crippen molar-refractivity contribution in [2.45, 2.75) is 71.0 Å². The predicted octanol–water partition coefficient (Wildman–Crippen LogP) is 7.19. The van der Waals surface area contributed by atoms with E-state index in [0.29, 0.717) is 25.2 Å². The van der Waals surface area contributed by atoms with Crippen LogP contribution in [0.1, 0.15) is 79.3 Å². The lowest BCUT2D eigenvalue weighted by Crippen LogP contribution is -2.23. The van der Waals surface area contributed by atoms with Crippen molar-refractivity contribution in [1.29, 1.82) is 0 Å². The zero-order valence-corrected chi connectivity index (χ0v) is 23.4. The SMILES string of the molecule is COc1ccc(CONC(=O)c2ccc(OCCCCCCCCCCC(=O)OCc3ccccc3)cc2)cc1. The van der Waals surface area contributed by atoms with E-state index in [-0.39, 0.29) is 18.5 Å². The molecule has 40 heavy (non-hydrogen) atoms. The number of ether oxygens (including phenoxy) is 3. The quantitative estimate of drug-likeness (QED) is 0.0972. The second-order valence-electron chi connectivity index (χ2n) is 9.67. The van der Waals surface area contributed by atoms with Crippen molar-refractivity contribution < 1.29 is 28.6 Å². The van der Waals surface area contributed by atoms with Crippen LogP contribution in [0.2, 0.25) is 0 Å². The van der Waals surface area contributed by atoms with Crippen molar-refractivity contribution in [3.05, 3.63) is 95.6 Å². The summed E-state index contributed by atoms with van der Waals surface area (Å²) in [6.45, 7) is 1.28. The van der Waals surface area contributed by atoms with Gasteiger partial charge in [-0.25, -0.2) is 5.48 Å². The summed E-state index contributed by atoms with van der Waals surface area (Å²) >= 11 is 0. The van der Waals surface area contributed by atoms with Crippen molar-refractivity contribution in [1.82, 2.24) is 5.48 Å². The predicted molar refractivity (Wildman–Crippen MR) is 155 cm³/mol. The van der Waals surface area contributed by atoms with Crippen LogP contribution < -0.4 is 15.0 Å². The van der Waals surface area contributed by atoms with E-state index < -0.39 is 0 Å². The number of unbranched alkanes of at least 4 members (excludes halogenated alkanes) is 7. The maximum absolute atomic E-state index is 12.3. The largest absolute Gasteiger partial charge is 0.497 e. The van der Waals surface area contributed by atoms with Crippen LogP contribution in [0.15, 0.2) is 78.9 Å². The Labute approximate surface area is 237 Å². The van der Waals surface area contributed by atoms with Gasteiger partial charge >= 0.3 is 5.97 Å². The number of hydroxylamine groups is 1. The van der Waals surface area contributed by atoms with Gasteiger partial charge in [-0.2, -0.15) is 0 Å². The summed E-state index contributed by atoms with van der Waals surface area (Å²) in [7, 11) is 1.62. The number of hydrogen-bond acceptors (Lipinski definition) is 6. The van der Waals surface area contributed by atoms with Gasteiger partial charge in [0.15, 0.2) is 0 Å². The normalized spacial score (nSPS) is 10.6. The van der Waals surface area contributed by atoms with Gasteiger partial charge in [-0.1, -0.05) is 81.0 Å². The van der Waals surface area contributed by atoms with Crippen LogP contribution >= 0.6 is 0 Å². The first-order valence-electron chi connectivity index (χ1n) is 14.1. The third kappa shape index (κ3) is 12.3. The molecule has 3 rings (SSSR count). The average Bonchev–Trinajstić information content (AvgIpc) is 3.00. The van der Waals surface area contributed by atoms with E-state index in [2.05, 4.69) is 5.48 Å². The molecule has 3 aromatic rings. The van der Waals surface area contributed by atoms with Crippen molar-refractivity contribution in [3.63, 3.8) is 0 Å². The summed E-state index contributed by atoms with van der Waals surface area (Å²) in [6.07, 6.45) is 9.27. The minimum atomic E-state index is -0.303. The maximum Gasteiger partial charge on any atom is 0.306 e. The Morgan fingerprint density at radius 2 is 1.25 bits per heavy atom. The second-order valence-corrected chi connectivity index (χ2v) is 9.67. The molecule has 0 atom stereocenters. The van der Waals surface area contributed by atoms with Gasteiger partial charge in [0.25, 0.3) is 5.91 Å². The van der Waals surface area contributed by atoms with Crippen LogP contribution in [-0.4, -0.2) is 25.6 Å². The lowest BCUT2D eigenvalue weighted by Gasteiger charge is -2.09. The highest BCUT2D eigenvalue weighted by atomic mass is 16.6. The van der Waals surface area contributed by atoms with Gasteiger partial charge in [0, 0.05) is 12.0 Å². The Hall–Kier alpha value is -3.84. The number of benzene rings is 3. The van der Waals surface area contributed by atoms with Gasteiger partial charge in [-0.05, 0) is 60.4 Å². The average molecular weight is 548 g/mol. The molecule has 0 aliphatic rings. The van der Waals surface area contributed by atoms with E-state index >= 15 is 0 Å². The van der Waals surface area contributed by atoms with Crippen LogP contribution in [0.3, 0.4) is 0 Å². The first kappa shape index (κ1) is 30.7. The minimum absolute atomic E-state index is 0.114. The van der Waals surface area contributed by atoms with E-state index in [9.17, 15) is 9.59 Å². The van der Waals surface area contributed by atoms with E-state index in [0.717, 1.165) is 54.7 Å². The van der Waals surface area contributed by atoms with Crippen molar-refractivity contribution in [2.75, 3.05) is 13.7 Å². The molecule has 0 saturated carbocycles. The van der Waals surface area contributed by atoms with Gasteiger partial charge < -0.3 is 14.2 Å². The highest BCUT2D eigenvalue weighted by molar-refractivity contribution is 5.93. The first-order chi connectivity index (χ1) is 19.6. The number of methoxy groups -OCH3 is 1. The number of rotatable bonds is 19. The molecule has 0 bridgehead atoms. The van der Waals surface area contributed by atoms with Crippen LogP contribution in [0.5, 0.6) is 11.5 Å². The topological polar surface area (TPSA) is 83.1 Å². The molecule has 0 fully saturated rings. The summed E-state index contributed by atoms with van der Waals surface area (Å²) in [5, 5.41) is 0. The Morgan fingerprint density at radius 3 is 1.93 bits per heavy atom. The summed E-state index contributed by atoms with van der Waals surface area (Å²) in [5.74, 6) is 1.10. The van der Waals surface area contributed by atoms with E-state index in [1.807, 2.05) is 54.6 Å². The van der Waals surface area contributed by atoms with Crippen LogP contribution in [0, 0.1) is 0 Å². The molecule has 214 valence electrons. The Kier molecular flexibility index (Phi) is 14.2. The molecule has 0 aliphatic heterocycles.